The van der Waals surface area contributed by atoms with Crippen LogP contribution < -0.4 is 14.9 Å². The minimum atomic E-state index is -4.25. The number of nitrogens with one attached hydrogen (secondary N) is 1. The van der Waals surface area contributed by atoms with Crippen molar-refractivity contribution >= 4 is 34.3 Å². The molecule has 9 nitrogen and oxygen atoms in total. The number of nitrogens with zero attached hydrogens (tertiary/aromatic N) is 4. The monoisotopic (exact) mass is 511 g/mol. The molecule has 0 atom stereocenters. The summed E-state index contributed by atoms with van der Waals surface area (Å²) in [6.07, 6.45) is -3.98. The highest BCUT2D eigenvalue weighted by molar-refractivity contribution is 7.15. The zero-order valence-electron chi connectivity index (χ0n) is 19.1. The van der Waals surface area contributed by atoms with Crippen LogP contribution in [0.25, 0.3) is 21.5 Å². The van der Waals surface area contributed by atoms with Gasteiger partial charge in [0.2, 0.25) is 5.10 Å². The SMILES string of the molecule is CC(C)OC(=O)CCNc1n[n+]([O-])c2cc(-c3cc4c(s3)CCN(CC(F)(F)F)C4)ccc2[n+]1[O-]. The third kappa shape index (κ3) is 5.90. The van der Waals surface area contributed by atoms with E-state index in [1.807, 2.05) is 6.07 Å². The van der Waals surface area contributed by atoms with Crippen LogP contribution in [0.2, 0.25) is 0 Å². The van der Waals surface area contributed by atoms with Crippen LogP contribution in [0, 0.1) is 10.4 Å². The zero-order valence-corrected chi connectivity index (χ0v) is 19.9. The van der Waals surface area contributed by atoms with Gasteiger partial charge in [0, 0.05) is 33.8 Å². The molecule has 0 saturated carbocycles. The van der Waals surface area contributed by atoms with Crippen LogP contribution >= 0.6 is 11.3 Å². The average Bonchev–Trinajstić information content (AvgIpc) is 3.18. The van der Waals surface area contributed by atoms with Crippen molar-refractivity contribution in [3.05, 3.63) is 45.1 Å². The van der Waals surface area contributed by atoms with Crippen molar-refractivity contribution in [3.63, 3.8) is 0 Å². The Morgan fingerprint density at radius 1 is 1.29 bits per heavy atom. The van der Waals surface area contributed by atoms with Gasteiger partial charge in [-0.2, -0.15) is 13.2 Å². The maximum atomic E-state index is 12.8. The zero-order chi connectivity index (χ0) is 25.3. The highest BCUT2D eigenvalue weighted by Gasteiger charge is 2.32. The lowest BCUT2D eigenvalue weighted by atomic mass is 10.1. The molecule has 1 aliphatic heterocycles. The van der Waals surface area contributed by atoms with E-state index in [4.69, 9.17) is 4.74 Å². The van der Waals surface area contributed by atoms with Crippen LogP contribution in [0.1, 0.15) is 30.7 Å². The molecule has 0 amide bonds. The predicted molar refractivity (Wildman–Crippen MR) is 122 cm³/mol. The largest absolute Gasteiger partial charge is 0.739 e. The third-order valence-electron chi connectivity index (χ3n) is 5.39. The maximum absolute atomic E-state index is 12.8. The van der Waals surface area contributed by atoms with Crippen molar-refractivity contribution in [2.24, 2.45) is 0 Å². The molecule has 1 N–H and O–H groups in total. The molecule has 188 valence electrons. The molecular weight excluding hydrogens is 487 g/mol. The fourth-order valence-electron chi connectivity index (χ4n) is 3.92. The van der Waals surface area contributed by atoms with E-state index in [1.165, 1.54) is 28.4 Å². The van der Waals surface area contributed by atoms with Crippen molar-refractivity contribution in [1.29, 1.82) is 0 Å². The number of esters is 1. The minimum absolute atomic E-state index is 0.000857. The van der Waals surface area contributed by atoms with Gasteiger partial charge in [0.15, 0.2) is 5.52 Å². The molecule has 13 heteroatoms. The van der Waals surface area contributed by atoms with E-state index in [2.05, 4.69) is 10.4 Å². The van der Waals surface area contributed by atoms with E-state index in [1.54, 1.807) is 19.9 Å². The van der Waals surface area contributed by atoms with E-state index in [9.17, 15) is 28.4 Å². The number of hydrogen-bond acceptors (Lipinski definition) is 8. The fourth-order valence-corrected chi connectivity index (χ4v) is 5.08. The van der Waals surface area contributed by atoms with Gasteiger partial charge in [-0.1, -0.05) is 0 Å². The normalized spacial score (nSPS) is 14.3. The summed E-state index contributed by atoms with van der Waals surface area (Å²) in [5, 5.41) is 31.7. The molecular formula is C22H24F3N5O4S. The van der Waals surface area contributed by atoms with E-state index in [0.717, 1.165) is 15.3 Å². The van der Waals surface area contributed by atoms with Gasteiger partial charge >= 0.3 is 18.1 Å². The van der Waals surface area contributed by atoms with E-state index in [-0.39, 0.29) is 42.6 Å². The summed E-state index contributed by atoms with van der Waals surface area (Å²) in [5.74, 6) is -0.681. The summed E-state index contributed by atoms with van der Waals surface area (Å²) in [6, 6.07) is 6.56. The first-order valence-corrected chi connectivity index (χ1v) is 11.8. The van der Waals surface area contributed by atoms with Crippen molar-refractivity contribution in [3.8, 4) is 10.4 Å². The van der Waals surface area contributed by atoms with Gasteiger partial charge in [0.05, 0.1) is 25.6 Å². The van der Waals surface area contributed by atoms with Gasteiger partial charge in [-0.15, -0.1) is 11.3 Å². The summed E-state index contributed by atoms with van der Waals surface area (Å²) in [4.78, 5) is 15.2. The third-order valence-corrected chi connectivity index (χ3v) is 6.68. The van der Waals surface area contributed by atoms with Crippen LogP contribution in [0.15, 0.2) is 24.3 Å². The first-order valence-electron chi connectivity index (χ1n) is 11.0. The number of thiophene rings is 1. The van der Waals surface area contributed by atoms with Gasteiger partial charge in [-0.25, -0.2) is 4.73 Å². The second-order valence-electron chi connectivity index (χ2n) is 8.54. The second kappa shape index (κ2) is 9.82. The average molecular weight is 512 g/mol. The Bertz CT molecular complexity index is 1250. The predicted octanol–water partition coefficient (Wildman–Crippen LogP) is 2.90. The summed E-state index contributed by atoms with van der Waals surface area (Å²) in [7, 11) is 0. The van der Waals surface area contributed by atoms with Crippen LogP contribution in [0.4, 0.5) is 19.1 Å². The minimum Gasteiger partial charge on any atom is -0.739 e. The molecule has 3 aromatic rings. The topological polar surface area (TPSA) is 108 Å². The van der Waals surface area contributed by atoms with Crippen molar-refractivity contribution < 1.29 is 32.3 Å². The maximum Gasteiger partial charge on any atom is 0.460 e. The first kappa shape index (κ1) is 24.9. The molecule has 0 fully saturated rings. The Morgan fingerprint density at radius 2 is 2.06 bits per heavy atom. The molecule has 35 heavy (non-hydrogen) atoms. The highest BCUT2D eigenvalue weighted by atomic mass is 32.1. The van der Waals surface area contributed by atoms with Crippen LogP contribution in [0.3, 0.4) is 0 Å². The molecule has 0 aliphatic carbocycles. The van der Waals surface area contributed by atoms with E-state index >= 15 is 0 Å². The lowest BCUT2D eigenvalue weighted by molar-refractivity contribution is -0.672. The number of rotatable bonds is 7. The van der Waals surface area contributed by atoms with Gasteiger partial charge < -0.3 is 15.2 Å². The molecule has 1 aromatic carbocycles. The number of halogens is 3. The van der Waals surface area contributed by atoms with Gasteiger partial charge in [0.1, 0.15) is 0 Å². The smallest absolute Gasteiger partial charge is 0.460 e. The Balaban J connectivity index is 1.52. The fraction of sp³-hybridized carbons (Fsp3) is 0.455. The second-order valence-corrected chi connectivity index (χ2v) is 9.68. The molecule has 0 radical (unpaired) electrons. The number of carbonyl (C=O) groups excluding carboxylic acids is 1. The van der Waals surface area contributed by atoms with Crippen molar-refractivity contribution in [1.82, 2.24) is 10.00 Å². The van der Waals surface area contributed by atoms with Crippen LogP contribution in [-0.4, -0.2) is 47.9 Å². The van der Waals surface area contributed by atoms with Gasteiger partial charge in [-0.3, -0.25) is 15.0 Å². The summed E-state index contributed by atoms with van der Waals surface area (Å²) < 4.78 is 43.8. The lowest BCUT2D eigenvalue weighted by Gasteiger charge is -2.27. The number of anilines is 1. The Hall–Kier alpha value is -3.19. The molecule has 2 aromatic heterocycles. The Morgan fingerprint density at radius 3 is 2.77 bits per heavy atom. The summed E-state index contributed by atoms with van der Waals surface area (Å²) >= 11 is 1.47. The summed E-state index contributed by atoms with van der Waals surface area (Å²) in [6.45, 7) is 3.11. The number of alkyl halides is 3. The molecule has 0 bridgehead atoms. The van der Waals surface area contributed by atoms with Crippen molar-refractivity contribution in [2.45, 2.75) is 45.5 Å². The van der Waals surface area contributed by atoms with Crippen molar-refractivity contribution in [2.75, 3.05) is 25.0 Å². The van der Waals surface area contributed by atoms with Gasteiger partial charge in [0.25, 0.3) is 5.52 Å². The standard InChI is InChI=1S/C22H24F3N5O4S/c1-13(2)34-20(31)5-7-26-21-27-30(33)17-9-14(3-4-16(17)29(21)32)19-10-15-11-28(12-22(23,24)25)8-6-18(15)35-19/h3-4,9-10,13H,5-8,11-12H2,1-2H3,(H,26,27). The Kier molecular flexibility index (Phi) is 6.99. The molecule has 1 aliphatic rings. The van der Waals surface area contributed by atoms with E-state index in [0.29, 0.717) is 28.1 Å². The molecule has 0 saturated heterocycles. The van der Waals surface area contributed by atoms with E-state index < -0.39 is 18.7 Å². The first-order chi connectivity index (χ1) is 16.5. The van der Waals surface area contributed by atoms with Gasteiger partial charge in [-0.05, 0) is 49.6 Å². The Labute approximate surface area is 202 Å². The van der Waals surface area contributed by atoms with Crippen LogP contribution in [-0.2, 0) is 22.5 Å². The lowest BCUT2D eigenvalue weighted by Crippen LogP contribution is -2.44. The number of fused-ring (bicyclic) bond motifs is 2. The number of benzene rings is 1. The molecule has 0 spiro atoms. The quantitative estimate of drug-likeness (QED) is 0.295. The number of ether oxygens (including phenoxy) is 1. The number of aromatic nitrogens is 3. The number of hydrogen-bond donors (Lipinski definition) is 1. The molecule has 3 heterocycles. The summed E-state index contributed by atoms with van der Waals surface area (Å²) in [5.41, 5.74) is 1.64. The van der Waals surface area contributed by atoms with Crippen LogP contribution in [0.5, 0.6) is 0 Å². The number of carbonyl (C=O) groups is 1. The highest BCUT2D eigenvalue weighted by Crippen LogP contribution is 2.36. The molecule has 0 unspecified atom stereocenters. The molecule has 4 rings (SSSR count).